The number of rotatable bonds is 4. The molecule has 2 aliphatic heterocycles. The maximum absolute atomic E-state index is 12.1. The topological polar surface area (TPSA) is 54.0 Å². The third kappa shape index (κ3) is 5.13. The van der Waals surface area contributed by atoms with Crippen molar-refractivity contribution >= 4 is 29.3 Å². The lowest BCUT2D eigenvalue weighted by molar-refractivity contribution is -0.115. The van der Waals surface area contributed by atoms with Crippen LogP contribution in [0.15, 0.2) is 54.6 Å². The summed E-state index contributed by atoms with van der Waals surface area (Å²) in [6.45, 7) is 4.47. The van der Waals surface area contributed by atoms with Crippen LogP contribution in [0.3, 0.4) is 0 Å². The van der Waals surface area contributed by atoms with Gasteiger partial charge < -0.3 is 14.4 Å². The molecule has 1 saturated heterocycles. The number of hydrogen-bond acceptors (Lipinski definition) is 5. The molecule has 150 valence electrons. The zero-order valence-electron chi connectivity index (χ0n) is 16.0. The van der Waals surface area contributed by atoms with Gasteiger partial charge >= 0.3 is 0 Å². The molecule has 0 saturated carbocycles. The van der Waals surface area contributed by atoms with E-state index in [0.29, 0.717) is 11.9 Å². The molecule has 2 aromatic carbocycles. The second-order valence-electron chi connectivity index (χ2n) is 6.99. The molecule has 0 atom stereocenters. The first-order valence-corrected chi connectivity index (χ1v) is 10.0. The zero-order chi connectivity index (χ0) is 20.1. The number of amides is 1. The molecule has 2 aliphatic rings. The van der Waals surface area contributed by atoms with E-state index in [1.807, 2.05) is 47.4 Å². The van der Waals surface area contributed by atoms with Crippen LogP contribution in [0.25, 0.3) is 6.08 Å². The summed E-state index contributed by atoms with van der Waals surface area (Å²) in [7, 11) is 0. The van der Waals surface area contributed by atoms with Crippen molar-refractivity contribution in [1.82, 2.24) is 15.1 Å². The van der Waals surface area contributed by atoms with Gasteiger partial charge in [-0.05, 0) is 41.6 Å². The zero-order valence-corrected chi connectivity index (χ0v) is 16.9. The van der Waals surface area contributed by atoms with Crippen molar-refractivity contribution in [3.63, 3.8) is 0 Å². The highest BCUT2D eigenvalue weighted by molar-refractivity contribution is 7.80. The minimum Gasteiger partial charge on any atom is -0.454 e. The fourth-order valence-corrected chi connectivity index (χ4v) is 3.65. The molecule has 6 nitrogen and oxygen atoms in total. The lowest BCUT2D eigenvalue weighted by atomic mass is 10.1. The first-order valence-electron chi connectivity index (χ1n) is 9.61. The van der Waals surface area contributed by atoms with E-state index in [-0.39, 0.29) is 5.91 Å². The van der Waals surface area contributed by atoms with E-state index < -0.39 is 0 Å². The maximum atomic E-state index is 12.1. The van der Waals surface area contributed by atoms with Crippen LogP contribution in [0.1, 0.15) is 11.1 Å². The fourth-order valence-electron chi connectivity index (χ4n) is 3.37. The molecule has 2 heterocycles. The van der Waals surface area contributed by atoms with Crippen LogP contribution in [0.5, 0.6) is 11.5 Å². The van der Waals surface area contributed by atoms with Gasteiger partial charge in [-0.3, -0.25) is 15.0 Å². The number of piperazine rings is 1. The highest BCUT2D eigenvalue weighted by atomic mass is 32.1. The highest BCUT2D eigenvalue weighted by Gasteiger charge is 2.21. The van der Waals surface area contributed by atoms with E-state index in [4.69, 9.17) is 21.7 Å². The quantitative estimate of drug-likeness (QED) is 0.619. The molecule has 0 aliphatic carbocycles. The van der Waals surface area contributed by atoms with Gasteiger partial charge in [0.25, 0.3) is 0 Å². The van der Waals surface area contributed by atoms with Crippen molar-refractivity contribution in [2.75, 3.05) is 33.0 Å². The monoisotopic (exact) mass is 409 g/mol. The minimum atomic E-state index is -0.207. The molecule has 1 fully saturated rings. The molecule has 0 bridgehead atoms. The van der Waals surface area contributed by atoms with Crippen LogP contribution < -0.4 is 14.8 Å². The van der Waals surface area contributed by atoms with Crippen molar-refractivity contribution < 1.29 is 14.3 Å². The van der Waals surface area contributed by atoms with Gasteiger partial charge in [0.05, 0.1) is 0 Å². The Morgan fingerprint density at radius 3 is 2.59 bits per heavy atom. The smallest absolute Gasteiger partial charge is 0.250 e. The van der Waals surface area contributed by atoms with Gasteiger partial charge in [0.1, 0.15) is 0 Å². The van der Waals surface area contributed by atoms with E-state index in [2.05, 4.69) is 16.3 Å². The standard InChI is InChI=1S/C22H23N3O3S/c26-21(9-7-17-4-2-1-3-5-17)23-22(29)25-12-10-24(11-13-25)15-18-6-8-19-20(14-18)28-16-27-19/h1-9,14H,10-13,15-16H2,(H,23,26,29)/b9-7+. The summed E-state index contributed by atoms with van der Waals surface area (Å²) in [5.74, 6) is 1.41. The van der Waals surface area contributed by atoms with Crippen molar-refractivity contribution in [1.29, 1.82) is 0 Å². The number of carbonyl (C=O) groups excluding carboxylic acids is 1. The second-order valence-corrected chi connectivity index (χ2v) is 7.38. The summed E-state index contributed by atoms with van der Waals surface area (Å²) in [5, 5.41) is 3.28. The average molecular weight is 410 g/mol. The van der Waals surface area contributed by atoms with Gasteiger partial charge in [-0.25, -0.2) is 0 Å². The number of fused-ring (bicyclic) bond motifs is 1. The molecular weight excluding hydrogens is 386 g/mol. The van der Waals surface area contributed by atoms with Crippen LogP contribution in [0.4, 0.5) is 0 Å². The third-order valence-corrected chi connectivity index (χ3v) is 5.32. The third-order valence-electron chi connectivity index (χ3n) is 4.96. The van der Waals surface area contributed by atoms with E-state index in [1.54, 1.807) is 6.08 Å². The first kappa shape index (κ1) is 19.4. The van der Waals surface area contributed by atoms with E-state index >= 15 is 0 Å². The summed E-state index contributed by atoms with van der Waals surface area (Å²) in [4.78, 5) is 16.5. The van der Waals surface area contributed by atoms with Crippen molar-refractivity contribution in [2.45, 2.75) is 6.54 Å². The van der Waals surface area contributed by atoms with Gasteiger partial charge in [-0.15, -0.1) is 0 Å². The summed E-state index contributed by atoms with van der Waals surface area (Å²) >= 11 is 5.41. The Morgan fingerprint density at radius 1 is 1.03 bits per heavy atom. The number of ether oxygens (including phenoxy) is 2. The van der Waals surface area contributed by atoms with Crippen molar-refractivity contribution in [2.24, 2.45) is 0 Å². The van der Waals surface area contributed by atoms with Crippen LogP contribution >= 0.6 is 12.2 Å². The Balaban J connectivity index is 1.23. The van der Waals surface area contributed by atoms with Crippen LogP contribution in [-0.2, 0) is 11.3 Å². The number of nitrogens with zero attached hydrogens (tertiary/aromatic N) is 2. The lowest BCUT2D eigenvalue weighted by Crippen LogP contribution is -2.52. The lowest BCUT2D eigenvalue weighted by Gasteiger charge is -2.36. The number of nitrogens with one attached hydrogen (secondary N) is 1. The SMILES string of the molecule is O=C(/C=C/c1ccccc1)NC(=S)N1CCN(Cc2ccc3c(c2)OCO3)CC1. The molecule has 7 heteroatoms. The first-order chi connectivity index (χ1) is 14.2. The Labute approximate surface area is 175 Å². The molecular formula is C22H23N3O3S. The molecule has 0 aromatic heterocycles. The normalized spacial score (nSPS) is 16.2. The van der Waals surface area contributed by atoms with E-state index in [9.17, 15) is 4.79 Å². The van der Waals surface area contributed by atoms with Crippen molar-refractivity contribution in [3.05, 3.63) is 65.7 Å². The van der Waals surface area contributed by atoms with Gasteiger partial charge in [-0.2, -0.15) is 0 Å². The molecule has 1 amide bonds. The van der Waals surface area contributed by atoms with Gasteiger partial charge in [-0.1, -0.05) is 36.4 Å². The van der Waals surface area contributed by atoms with Gasteiger partial charge in [0, 0.05) is 38.8 Å². The summed E-state index contributed by atoms with van der Waals surface area (Å²) < 4.78 is 10.8. The molecule has 0 unspecified atom stereocenters. The van der Waals surface area contributed by atoms with Crippen molar-refractivity contribution in [3.8, 4) is 11.5 Å². The fraction of sp³-hybridized carbons (Fsp3) is 0.273. The Morgan fingerprint density at radius 2 is 1.79 bits per heavy atom. The van der Waals surface area contributed by atoms with Crippen LogP contribution in [0.2, 0.25) is 0 Å². The molecule has 0 radical (unpaired) electrons. The van der Waals surface area contributed by atoms with E-state index in [1.165, 1.54) is 11.6 Å². The maximum Gasteiger partial charge on any atom is 0.250 e. The Kier molecular flexibility index (Phi) is 6.07. The Hall–Kier alpha value is -2.90. The predicted octanol–water partition coefficient (Wildman–Crippen LogP) is 2.65. The summed E-state index contributed by atoms with van der Waals surface area (Å²) in [5.41, 5.74) is 2.18. The molecule has 4 rings (SSSR count). The minimum absolute atomic E-state index is 0.207. The molecule has 2 aromatic rings. The molecule has 1 N–H and O–H groups in total. The van der Waals surface area contributed by atoms with Gasteiger partial charge in [0.15, 0.2) is 16.6 Å². The number of benzene rings is 2. The summed E-state index contributed by atoms with van der Waals surface area (Å²) in [6.07, 6.45) is 3.29. The molecule has 29 heavy (non-hydrogen) atoms. The van der Waals surface area contributed by atoms with Gasteiger partial charge in [0.2, 0.25) is 12.7 Å². The largest absolute Gasteiger partial charge is 0.454 e. The number of carbonyl (C=O) groups is 1. The average Bonchev–Trinajstić information content (AvgIpc) is 3.21. The van der Waals surface area contributed by atoms with Crippen LogP contribution in [-0.4, -0.2) is 53.8 Å². The summed E-state index contributed by atoms with van der Waals surface area (Å²) in [6, 6.07) is 15.8. The number of thiocarbonyl (C=S) groups is 1. The second kappa shape index (κ2) is 9.07. The predicted molar refractivity (Wildman–Crippen MR) is 116 cm³/mol. The van der Waals surface area contributed by atoms with Crippen LogP contribution in [0, 0.1) is 0 Å². The highest BCUT2D eigenvalue weighted by Crippen LogP contribution is 2.32. The number of hydrogen-bond donors (Lipinski definition) is 1. The van der Waals surface area contributed by atoms with E-state index in [0.717, 1.165) is 49.8 Å². The Bertz CT molecular complexity index is 909. The molecule has 0 spiro atoms.